The number of likely N-dealkylation sites (tertiary alicyclic amines) is 1. The number of unbranched alkanes of at least 4 members (excludes halogenated alkanes) is 1. The third-order valence-electron chi connectivity index (χ3n) is 4.49. The number of rotatable bonds is 10. The van der Waals surface area contributed by atoms with Gasteiger partial charge in [-0.3, -0.25) is 9.59 Å². The lowest BCUT2D eigenvalue weighted by Crippen LogP contribution is -2.32. The number of allylic oxidation sites excluding steroid dienone is 1. The van der Waals surface area contributed by atoms with Crippen molar-refractivity contribution in [1.82, 2.24) is 4.90 Å². The van der Waals surface area contributed by atoms with Crippen LogP contribution in [-0.2, 0) is 16.0 Å². The Balaban J connectivity index is 1.82. The lowest BCUT2D eigenvalue weighted by Gasteiger charge is -2.21. The van der Waals surface area contributed by atoms with Crippen molar-refractivity contribution >= 4 is 23.5 Å². The molecule has 1 aliphatic heterocycles. The minimum Gasteiger partial charge on any atom is -0.481 e. The van der Waals surface area contributed by atoms with Crippen LogP contribution in [0.15, 0.2) is 48.6 Å². The van der Waals surface area contributed by atoms with E-state index < -0.39 is 12.1 Å². The highest BCUT2D eigenvalue weighted by Gasteiger charge is 2.28. The van der Waals surface area contributed by atoms with Crippen molar-refractivity contribution in [2.45, 2.75) is 50.7 Å². The van der Waals surface area contributed by atoms with Crippen molar-refractivity contribution in [2.75, 3.05) is 6.54 Å². The van der Waals surface area contributed by atoms with Gasteiger partial charge in [-0.05, 0) is 37.0 Å². The fourth-order valence-corrected chi connectivity index (χ4v) is 3.31. The summed E-state index contributed by atoms with van der Waals surface area (Å²) in [5.74, 6) is -0.691. The van der Waals surface area contributed by atoms with Crippen LogP contribution in [0.3, 0.4) is 0 Å². The van der Waals surface area contributed by atoms with Crippen LogP contribution in [0.1, 0.15) is 37.7 Å². The van der Waals surface area contributed by atoms with E-state index in [0.29, 0.717) is 37.3 Å². The zero-order chi connectivity index (χ0) is 19.6. The molecule has 1 aromatic carbocycles. The van der Waals surface area contributed by atoms with Gasteiger partial charge < -0.3 is 15.1 Å². The van der Waals surface area contributed by atoms with E-state index in [-0.39, 0.29) is 18.4 Å². The Morgan fingerprint density at radius 2 is 2.19 bits per heavy atom. The minimum absolute atomic E-state index is 0.0184. The fourth-order valence-electron chi connectivity index (χ4n) is 3.10. The summed E-state index contributed by atoms with van der Waals surface area (Å²) in [7, 11) is 0. The van der Waals surface area contributed by atoms with Crippen LogP contribution in [0.5, 0.6) is 0 Å². The monoisotopic (exact) mass is 391 g/mol. The van der Waals surface area contributed by atoms with Gasteiger partial charge in [-0.25, -0.2) is 0 Å². The molecule has 0 saturated carbocycles. The number of aliphatic hydroxyl groups excluding tert-OH is 1. The third-order valence-corrected chi connectivity index (χ3v) is 4.73. The number of carbonyl (C=O) groups excluding carboxylic acids is 1. The molecule has 1 amide bonds. The highest BCUT2D eigenvalue weighted by atomic mass is 35.5. The Labute approximate surface area is 164 Å². The second kappa shape index (κ2) is 10.9. The number of halogens is 1. The molecule has 0 aromatic heterocycles. The molecule has 0 bridgehead atoms. The molecule has 1 aliphatic rings. The molecule has 27 heavy (non-hydrogen) atoms. The SMILES string of the molecule is O=C(O)CCC/C=C/CN1C(=O)CC[C@@H]1/C=C/[C@@H](O)Cc1cccc(Cl)c1. The fraction of sp³-hybridized carbons (Fsp3) is 0.429. The first-order valence-corrected chi connectivity index (χ1v) is 9.60. The number of hydrogen-bond acceptors (Lipinski definition) is 3. The molecule has 2 atom stereocenters. The van der Waals surface area contributed by atoms with Crippen LogP contribution in [0.2, 0.25) is 5.02 Å². The predicted octanol–water partition coefficient (Wildman–Crippen LogP) is 3.60. The maximum Gasteiger partial charge on any atom is 0.303 e. The molecule has 6 heteroatoms. The molecule has 1 saturated heterocycles. The van der Waals surface area contributed by atoms with Crippen molar-refractivity contribution in [3.63, 3.8) is 0 Å². The van der Waals surface area contributed by atoms with Gasteiger partial charge in [-0.15, -0.1) is 0 Å². The smallest absolute Gasteiger partial charge is 0.303 e. The molecule has 146 valence electrons. The van der Waals surface area contributed by atoms with Crippen LogP contribution in [-0.4, -0.2) is 45.7 Å². The standard InChI is InChI=1S/C21H26ClNO4/c22-17-7-5-6-16(14-17)15-19(24)11-9-18-10-12-20(25)23(18)13-4-2-1-3-8-21(26)27/h2,4-7,9,11,14,18-19,24H,1,3,8,10,12-13,15H2,(H,26,27)/b4-2+,11-9+/t18-,19+/m0/s1. The number of aliphatic carboxylic acids is 1. The lowest BCUT2D eigenvalue weighted by molar-refractivity contribution is -0.137. The van der Waals surface area contributed by atoms with E-state index in [1.807, 2.05) is 36.4 Å². The topological polar surface area (TPSA) is 77.8 Å². The number of carbonyl (C=O) groups is 2. The zero-order valence-corrected chi connectivity index (χ0v) is 16.0. The lowest BCUT2D eigenvalue weighted by atomic mass is 10.1. The molecule has 0 aliphatic carbocycles. The Hall–Kier alpha value is -2.11. The molecule has 1 aromatic rings. The van der Waals surface area contributed by atoms with Crippen LogP contribution < -0.4 is 0 Å². The number of carboxylic acids is 1. The molecule has 0 radical (unpaired) electrons. The largest absolute Gasteiger partial charge is 0.481 e. The first-order valence-electron chi connectivity index (χ1n) is 9.23. The number of amides is 1. The maximum absolute atomic E-state index is 12.1. The van der Waals surface area contributed by atoms with Gasteiger partial charge in [0.25, 0.3) is 0 Å². The van der Waals surface area contributed by atoms with Crippen LogP contribution in [0.4, 0.5) is 0 Å². The molecule has 2 rings (SSSR count). The molecular formula is C21H26ClNO4. The van der Waals surface area contributed by atoms with E-state index in [0.717, 1.165) is 12.0 Å². The van der Waals surface area contributed by atoms with Gasteiger partial charge in [0.1, 0.15) is 0 Å². The van der Waals surface area contributed by atoms with Crippen LogP contribution >= 0.6 is 11.6 Å². The molecular weight excluding hydrogens is 366 g/mol. The summed E-state index contributed by atoms with van der Waals surface area (Å²) in [6.45, 7) is 0.505. The maximum atomic E-state index is 12.1. The zero-order valence-electron chi connectivity index (χ0n) is 15.3. The highest BCUT2D eigenvalue weighted by Crippen LogP contribution is 2.20. The Morgan fingerprint density at radius 1 is 1.37 bits per heavy atom. The number of benzene rings is 1. The number of carboxylic acid groups (broad SMARTS) is 1. The first-order chi connectivity index (χ1) is 13.0. The average molecular weight is 392 g/mol. The number of hydrogen-bond donors (Lipinski definition) is 2. The second-order valence-electron chi connectivity index (χ2n) is 6.70. The van der Waals surface area contributed by atoms with Crippen molar-refractivity contribution < 1.29 is 19.8 Å². The minimum atomic E-state index is -0.792. The van der Waals surface area contributed by atoms with Gasteiger partial charge in [-0.1, -0.05) is 48.0 Å². The van der Waals surface area contributed by atoms with E-state index in [4.69, 9.17) is 16.7 Å². The van der Waals surface area contributed by atoms with Crippen molar-refractivity contribution in [1.29, 1.82) is 0 Å². The summed E-state index contributed by atoms with van der Waals surface area (Å²) in [6.07, 6.45) is 10.0. The third kappa shape index (κ3) is 7.57. The van der Waals surface area contributed by atoms with E-state index in [2.05, 4.69) is 0 Å². The van der Waals surface area contributed by atoms with Gasteiger partial charge in [0.15, 0.2) is 0 Å². The Morgan fingerprint density at radius 3 is 2.93 bits per heavy atom. The van der Waals surface area contributed by atoms with Crippen molar-refractivity contribution in [3.8, 4) is 0 Å². The van der Waals surface area contributed by atoms with E-state index in [1.165, 1.54) is 0 Å². The highest BCUT2D eigenvalue weighted by molar-refractivity contribution is 6.30. The molecule has 5 nitrogen and oxygen atoms in total. The molecule has 2 N–H and O–H groups in total. The normalized spacial score (nSPS) is 18.7. The van der Waals surface area contributed by atoms with Crippen LogP contribution in [0, 0.1) is 0 Å². The van der Waals surface area contributed by atoms with E-state index in [1.54, 1.807) is 17.0 Å². The molecule has 0 spiro atoms. The molecule has 0 unspecified atom stereocenters. The molecule has 1 heterocycles. The van der Waals surface area contributed by atoms with E-state index >= 15 is 0 Å². The van der Waals surface area contributed by atoms with E-state index in [9.17, 15) is 14.7 Å². The number of nitrogens with zero attached hydrogens (tertiary/aromatic N) is 1. The van der Waals surface area contributed by atoms with Crippen molar-refractivity contribution in [2.24, 2.45) is 0 Å². The predicted molar refractivity (Wildman–Crippen MR) is 106 cm³/mol. The summed E-state index contributed by atoms with van der Waals surface area (Å²) in [4.78, 5) is 24.3. The summed E-state index contributed by atoms with van der Waals surface area (Å²) in [5.41, 5.74) is 0.961. The summed E-state index contributed by atoms with van der Waals surface area (Å²) in [6, 6.07) is 7.39. The van der Waals surface area contributed by atoms with Gasteiger partial charge in [0.05, 0.1) is 12.1 Å². The van der Waals surface area contributed by atoms with Gasteiger partial charge in [0.2, 0.25) is 5.91 Å². The summed E-state index contributed by atoms with van der Waals surface area (Å²) in [5, 5.41) is 19.5. The first kappa shape index (κ1) is 21.2. The average Bonchev–Trinajstić information content (AvgIpc) is 2.96. The Kier molecular flexibility index (Phi) is 8.55. The van der Waals surface area contributed by atoms with Gasteiger partial charge in [-0.2, -0.15) is 0 Å². The van der Waals surface area contributed by atoms with Crippen molar-refractivity contribution in [3.05, 3.63) is 59.2 Å². The number of aliphatic hydroxyl groups is 1. The molecule has 1 fully saturated rings. The summed E-state index contributed by atoms with van der Waals surface area (Å²) >= 11 is 5.96. The van der Waals surface area contributed by atoms with Gasteiger partial charge >= 0.3 is 5.97 Å². The van der Waals surface area contributed by atoms with Gasteiger partial charge in [0, 0.05) is 30.8 Å². The second-order valence-corrected chi connectivity index (χ2v) is 7.13. The van der Waals surface area contributed by atoms with Crippen LogP contribution in [0.25, 0.3) is 0 Å². The quantitative estimate of drug-likeness (QED) is 0.472. The summed E-state index contributed by atoms with van der Waals surface area (Å²) < 4.78 is 0. The Bertz CT molecular complexity index is 701.